The van der Waals surface area contributed by atoms with Crippen LogP contribution in [0.1, 0.15) is 18.4 Å². The molecule has 0 spiro atoms. The Kier molecular flexibility index (Phi) is 4.16. The molecule has 5 nitrogen and oxygen atoms in total. The van der Waals surface area contributed by atoms with Gasteiger partial charge in [0.2, 0.25) is 5.91 Å². The minimum atomic E-state index is -0.961. The zero-order valence-corrected chi connectivity index (χ0v) is 10.9. The predicted octanol–water partition coefficient (Wildman–Crippen LogP) is 1.16. The van der Waals surface area contributed by atoms with E-state index < -0.39 is 12.0 Å². The van der Waals surface area contributed by atoms with Crippen LogP contribution in [0.5, 0.6) is 0 Å². The molecule has 1 atom stereocenters. The van der Waals surface area contributed by atoms with Crippen molar-refractivity contribution in [2.75, 3.05) is 18.0 Å². The normalized spacial score (nSPS) is 20.2. The van der Waals surface area contributed by atoms with E-state index in [2.05, 4.69) is 5.32 Å². The van der Waals surface area contributed by atoms with Crippen LogP contribution in [0.15, 0.2) is 24.3 Å². The number of para-hydroxylation sites is 1. The number of amides is 1. The van der Waals surface area contributed by atoms with Crippen molar-refractivity contribution in [1.82, 2.24) is 5.32 Å². The van der Waals surface area contributed by atoms with E-state index in [1.54, 1.807) is 4.90 Å². The van der Waals surface area contributed by atoms with Gasteiger partial charge in [0.25, 0.3) is 0 Å². The highest BCUT2D eigenvalue weighted by atomic mass is 16.4. The third-order valence-corrected chi connectivity index (χ3v) is 3.30. The number of carboxylic acids is 1. The molecule has 1 heterocycles. The van der Waals surface area contributed by atoms with Crippen molar-refractivity contribution >= 4 is 17.6 Å². The second-order valence-electron chi connectivity index (χ2n) is 4.73. The fourth-order valence-corrected chi connectivity index (χ4v) is 2.34. The van der Waals surface area contributed by atoms with Crippen molar-refractivity contribution in [1.29, 1.82) is 0 Å². The lowest BCUT2D eigenvalue weighted by atomic mass is 10.1. The first-order valence-corrected chi connectivity index (χ1v) is 6.42. The second kappa shape index (κ2) is 5.84. The fraction of sp³-hybridized carbons (Fsp3) is 0.429. The predicted molar refractivity (Wildman–Crippen MR) is 72.2 cm³/mol. The summed E-state index contributed by atoms with van der Waals surface area (Å²) in [6.07, 6.45) is 0.636. The first-order valence-electron chi connectivity index (χ1n) is 6.42. The molecule has 2 rings (SSSR count). The molecule has 0 bridgehead atoms. The zero-order chi connectivity index (χ0) is 13.8. The molecule has 0 aliphatic carbocycles. The Morgan fingerprint density at radius 2 is 2.21 bits per heavy atom. The summed E-state index contributed by atoms with van der Waals surface area (Å²) < 4.78 is 0. The summed E-state index contributed by atoms with van der Waals surface area (Å²) in [4.78, 5) is 25.0. The molecule has 1 aromatic carbocycles. The van der Waals surface area contributed by atoms with Crippen molar-refractivity contribution in [3.05, 3.63) is 29.8 Å². The molecule has 2 N–H and O–H groups in total. The van der Waals surface area contributed by atoms with Crippen LogP contribution in [-0.4, -0.2) is 36.1 Å². The maximum absolute atomic E-state index is 12.4. The van der Waals surface area contributed by atoms with Gasteiger partial charge >= 0.3 is 5.97 Å². The second-order valence-corrected chi connectivity index (χ2v) is 4.73. The van der Waals surface area contributed by atoms with Gasteiger partial charge in [0.1, 0.15) is 0 Å². The van der Waals surface area contributed by atoms with Crippen molar-refractivity contribution in [2.24, 2.45) is 0 Å². The van der Waals surface area contributed by atoms with Gasteiger partial charge in [-0.3, -0.25) is 9.59 Å². The summed E-state index contributed by atoms with van der Waals surface area (Å²) in [5.41, 5.74) is 1.89. The number of aliphatic carboxylic acids is 1. The molecule has 0 aromatic heterocycles. The Hall–Kier alpha value is -1.88. The van der Waals surface area contributed by atoms with E-state index >= 15 is 0 Å². The minimum Gasteiger partial charge on any atom is -0.481 e. The lowest BCUT2D eigenvalue weighted by molar-refractivity contribution is -0.139. The molecule has 1 unspecified atom stereocenters. The van der Waals surface area contributed by atoms with E-state index in [1.807, 2.05) is 31.2 Å². The van der Waals surface area contributed by atoms with E-state index in [9.17, 15) is 9.59 Å². The summed E-state index contributed by atoms with van der Waals surface area (Å²) in [5, 5.41) is 11.9. The number of carbonyl (C=O) groups is 2. The summed E-state index contributed by atoms with van der Waals surface area (Å²) in [6.45, 7) is 3.23. The van der Waals surface area contributed by atoms with Crippen LogP contribution in [0.3, 0.4) is 0 Å². The number of rotatable bonds is 3. The van der Waals surface area contributed by atoms with E-state index in [4.69, 9.17) is 5.11 Å². The standard InChI is InChI=1S/C14H18N2O3/c1-10-5-2-3-6-12(10)16-8-4-7-15-11(14(16)19)9-13(17)18/h2-3,5-6,11,15H,4,7-9H2,1H3,(H,17,18). The van der Waals surface area contributed by atoms with Crippen LogP contribution in [-0.2, 0) is 9.59 Å². The van der Waals surface area contributed by atoms with Gasteiger partial charge in [-0.15, -0.1) is 0 Å². The summed E-state index contributed by atoms with van der Waals surface area (Å²) in [6, 6.07) is 7.03. The molecule has 1 aliphatic heterocycles. The molecule has 19 heavy (non-hydrogen) atoms. The molecule has 1 aliphatic rings. The zero-order valence-electron chi connectivity index (χ0n) is 10.9. The minimum absolute atomic E-state index is 0.158. The number of nitrogens with one attached hydrogen (secondary N) is 1. The molecule has 0 radical (unpaired) electrons. The van der Waals surface area contributed by atoms with Gasteiger partial charge in [-0.1, -0.05) is 18.2 Å². The van der Waals surface area contributed by atoms with Crippen molar-refractivity contribution in [3.63, 3.8) is 0 Å². The Labute approximate surface area is 112 Å². The van der Waals surface area contributed by atoms with Crippen LogP contribution in [0, 0.1) is 6.92 Å². The first kappa shape index (κ1) is 13.5. The maximum atomic E-state index is 12.4. The number of aryl methyl sites for hydroxylation is 1. The molecular formula is C14H18N2O3. The maximum Gasteiger partial charge on any atom is 0.305 e. The molecular weight excluding hydrogens is 244 g/mol. The van der Waals surface area contributed by atoms with E-state index in [0.717, 1.165) is 17.7 Å². The highest BCUT2D eigenvalue weighted by Crippen LogP contribution is 2.22. The number of anilines is 1. The molecule has 0 saturated carbocycles. The smallest absolute Gasteiger partial charge is 0.305 e. The van der Waals surface area contributed by atoms with Gasteiger partial charge in [0.05, 0.1) is 12.5 Å². The van der Waals surface area contributed by atoms with E-state index in [1.165, 1.54) is 0 Å². The number of nitrogens with zero attached hydrogens (tertiary/aromatic N) is 1. The van der Waals surface area contributed by atoms with Crippen molar-refractivity contribution in [3.8, 4) is 0 Å². The van der Waals surface area contributed by atoms with Crippen LogP contribution in [0.25, 0.3) is 0 Å². The Balaban J connectivity index is 2.26. The summed E-state index contributed by atoms with van der Waals surface area (Å²) in [5.74, 6) is -1.12. The van der Waals surface area contributed by atoms with Gasteiger partial charge in [0.15, 0.2) is 0 Å². The Morgan fingerprint density at radius 1 is 1.47 bits per heavy atom. The van der Waals surface area contributed by atoms with Crippen LogP contribution < -0.4 is 10.2 Å². The van der Waals surface area contributed by atoms with Crippen molar-refractivity contribution < 1.29 is 14.7 Å². The number of carbonyl (C=O) groups excluding carboxylic acids is 1. The molecule has 5 heteroatoms. The molecule has 1 amide bonds. The van der Waals surface area contributed by atoms with Gasteiger partial charge in [-0.05, 0) is 31.5 Å². The monoisotopic (exact) mass is 262 g/mol. The van der Waals surface area contributed by atoms with Gasteiger partial charge in [0, 0.05) is 12.2 Å². The quantitative estimate of drug-likeness (QED) is 0.857. The fourth-order valence-electron chi connectivity index (χ4n) is 2.34. The first-order chi connectivity index (χ1) is 9.09. The van der Waals surface area contributed by atoms with Gasteiger partial charge in [-0.25, -0.2) is 0 Å². The highest BCUT2D eigenvalue weighted by Gasteiger charge is 2.29. The Morgan fingerprint density at radius 3 is 2.89 bits per heavy atom. The molecule has 102 valence electrons. The SMILES string of the molecule is Cc1ccccc1N1CCCNC(CC(=O)O)C1=O. The van der Waals surface area contributed by atoms with Crippen LogP contribution in [0.4, 0.5) is 5.69 Å². The lowest BCUT2D eigenvalue weighted by Crippen LogP contribution is -2.45. The molecule has 1 saturated heterocycles. The van der Waals surface area contributed by atoms with Gasteiger partial charge in [-0.2, -0.15) is 0 Å². The van der Waals surface area contributed by atoms with E-state index in [-0.39, 0.29) is 12.3 Å². The molecule has 1 fully saturated rings. The van der Waals surface area contributed by atoms with Crippen LogP contribution >= 0.6 is 0 Å². The lowest BCUT2D eigenvalue weighted by Gasteiger charge is -2.25. The summed E-state index contributed by atoms with van der Waals surface area (Å²) >= 11 is 0. The Bertz CT molecular complexity index is 487. The summed E-state index contributed by atoms with van der Waals surface area (Å²) in [7, 11) is 0. The topological polar surface area (TPSA) is 69.6 Å². The highest BCUT2D eigenvalue weighted by molar-refractivity contribution is 5.99. The number of benzene rings is 1. The van der Waals surface area contributed by atoms with Gasteiger partial charge < -0.3 is 15.3 Å². The average Bonchev–Trinajstić information content (AvgIpc) is 2.53. The third kappa shape index (κ3) is 3.12. The number of hydrogen-bond acceptors (Lipinski definition) is 3. The number of hydrogen-bond donors (Lipinski definition) is 2. The number of carboxylic acid groups (broad SMARTS) is 1. The average molecular weight is 262 g/mol. The largest absolute Gasteiger partial charge is 0.481 e. The van der Waals surface area contributed by atoms with Crippen LogP contribution in [0.2, 0.25) is 0 Å². The van der Waals surface area contributed by atoms with E-state index in [0.29, 0.717) is 13.1 Å². The van der Waals surface area contributed by atoms with Crippen molar-refractivity contribution in [2.45, 2.75) is 25.8 Å². The molecule has 1 aromatic rings. The third-order valence-electron chi connectivity index (χ3n) is 3.30.